The van der Waals surface area contributed by atoms with Crippen LogP contribution in [0.25, 0.3) is 0 Å². The van der Waals surface area contributed by atoms with Crippen molar-refractivity contribution < 1.29 is 318 Å². The number of carboxylic acids is 6. The monoisotopic (exact) mass is 582 g/mol. The van der Waals surface area contributed by atoms with Crippen molar-refractivity contribution in [2.24, 2.45) is 0 Å². The molecule has 15 nitrogen and oxygen atoms in total. The van der Waals surface area contributed by atoms with E-state index in [0.29, 0.717) is 0 Å². The molecule has 0 aliphatic heterocycles. The molecular weight excluding hydrogens is 570 g/mol. The van der Waals surface area contributed by atoms with Crippen LogP contribution in [0.3, 0.4) is 0 Å². The minimum atomic E-state index is -2.97. The molecule has 0 amide bonds. The molecule has 0 heterocycles. The Kier molecular flexibility index (Phi) is 58.1. The summed E-state index contributed by atoms with van der Waals surface area (Å²) in [4.78, 5) is 60.0. The fraction of sp³-hybridized carbons (Fsp3) is 0.500. The first-order chi connectivity index (χ1) is 11.6. The summed E-state index contributed by atoms with van der Waals surface area (Å²) in [6.07, 6.45) is -5.43. The van der Waals surface area contributed by atoms with E-state index in [1.54, 1.807) is 0 Å². The molecule has 0 aromatic carbocycles. The Bertz CT molecular complexity index is 536. The van der Waals surface area contributed by atoms with E-state index in [-0.39, 0.29) is 248 Å². The molecule has 21 heteroatoms. The SMILES string of the molecule is O.O=C([O-])CC(O)(CC(=O)[O-])C(=O)[O-].O=C([O-])CC(O)(CC(=O)[O-])C(=O)[O-].[K+].[K+].[K+].[Na+].[Na+].[Na+]. The molecule has 0 fully saturated rings. The number of hydrogen-bond donors (Lipinski definition) is 2. The second kappa shape index (κ2) is 31.1. The molecule has 33 heavy (non-hydrogen) atoms. The van der Waals surface area contributed by atoms with Crippen molar-refractivity contribution in [2.75, 3.05) is 0 Å². The van der Waals surface area contributed by atoms with E-state index in [9.17, 15) is 59.4 Å². The first kappa shape index (κ1) is 61.6. The van der Waals surface area contributed by atoms with Crippen molar-refractivity contribution in [2.45, 2.75) is 36.9 Å². The van der Waals surface area contributed by atoms with Crippen LogP contribution in [0.1, 0.15) is 25.7 Å². The molecular formula is C12H12K3Na3O15. The van der Waals surface area contributed by atoms with Crippen molar-refractivity contribution in [1.82, 2.24) is 0 Å². The van der Waals surface area contributed by atoms with Gasteiger partial charge < -0.3 is 75.1 Å². The van der Waals surface area contributed by atoms with Gasteiger partial charge in [0.15, 0.2) is 0 Å². The molecule has 0 spiro atoms. The molecule has 0 radical (unpaired) electrons. The molecule has 0 rings (SSSR count). The molecule has 0 aromatic heterocycles. The van der Waals surface area contributed by atoms with Crippen LogP contribution in [0.15, 0.2) is 0 Å². The van der Waals surface area contributed by atoms with Gasteiger partial charge in [0.05, 0.1) is 11.9 Å². The zero-order valence-electron chi connectivity index (χ0n) is 19.1. The summed E-state index contributed by atoms with van der Waals surface area (Å²) < 4.78 is 0. The van der Waals surface area contributed by atoms with E-state index >= 15 is 0 Å². The third-order valence-electron chi connectivity index (χ3n) is 2.51. The van der Waals surface area contributed by atoms with E-state index in [1.165, 1.54) is 0 Å². The number of carbonyl (C=O) groups is 6. The van der Waals surface area contributed by atoms with Crippen LogP contribution in [0.5, 0.6) is 0 Å². The van der Waals surface area contributed by atoms with Gasteiger partial charge in [0.1, 0.15) is 11.2 Å². The van der Waals surface area contributed by atoms with Gasteiger partial charge in [-0.2, -0.15) is 0 Å². The minimum Gasteiger partial charge on any atom is -0.550 e. The largest absolute Gasteiger partial charge is 1.00 e. The second-order valence-electron chi connectivity index (χ2n) is 4.83. The van der Waals surface area contributed by atoms with E-state index in [1.807, 2.05) is 0 Å². The Morgan fingerprint density at radius 2 is 0.606 bits per heavy atom. The maximum Gasteiger partial charge on any atom is 1.00 e. The van der Waals surface area contributed by atoms with Crippen molar-refractivity contribution in [3.8, 4) is 0 Å². The zero-order valence-corrected chi connectivity index (χ0v) is 34.5. The van der Waals surface area contributed by atoms with Crippen LogP contribution in [-0.4, -0.2) is 62.7 Å². The van der Waals surface area contributed by atoms with Crippen LogP contribution < -0.4 is 273 Å². The van der Waals surface area contributed by atoms with Crippen LogP contribution >= 0.6 is 0 Å². The summed E-state index contributed by atoms with van der Waals surface area (Å²) in [6.45, 7) is 0. The van der Waals surface area contributed by atoms with Gasteiger partial charge in [0.2, 0.25) is 0 Å². The number of rotatable bonds is 10. The number of carbonyl (C=O) groups excluding carboxylic acids is 6. The first-order valence-electron chi connectivity index (χ1n) is 6.23. The molecule has 4 N–H and O–H groups in total. The minimum absolute atomic E-state index is 0. The Labute approximate surface area is 381 Å². The standard InChI is InChI=1S/2C6H8O7.3K.3Na.H2O/c2*7-3(8)1-6(13,5(11)12)2-4(9)10;;;;;;;/h2*13H,1-2H2,(H,7,8)(H,9,10)(H,11,12);;;;;;;1H2/q;;6*+1;/p-6. The molecule has 0 saturated heterocycles. The molecule has 0 aliphatic carbocycles. The molecule has 0 saturated carbocycles. The van der Waals surface area contributed by atoms with E-state index in [0.717, 1.165) is 0 Å². The summed E-state index contributed by atoms with van der Waals surface area (Å²) in [6, 6.07) is 0. The Hall–Kier alpha value is 4.61. The van der Waals surface area contributed by atoms with Crippen molar-refractivity contribution in [3.63, 3.8) is 0 Å². The summed E-state index contributed by atoms with van der Waals surface area (Å²) in [7, 11) is 0. The van der Waals surface area contributed by atoms with E-state index < -0.39 is 72.7 Å². The number of carboxylic acid groups (broad SMARTS) is 6. The van der Waals surface area contributed by atoms with Gasteiger partial charge in [0.25, 0.3) is 0 Å². The normalized spacial score (nSPS) is 8.55. The van der Waals surface area contributed by atoms with Gasteiger partial charge in [-0.3, -0.25) is 0 Å². The average molecular weight is 582 g/mol. The van der Waals surface area contributed by atoms with Gasteiger partial charge in [0, 0.05) is 49.6 Å². The first-order valence-corrected chi connectivity index (χ1v) is 6.23. The van der Waals surface area contributed by atoms with Gasteiger partial charge in [-0.05, 0) is 0 Å². The number of aliphatic carboxylic acids is 6. The maximum atomic E-state index is 10.1. The van der Waals surface area contributed by atoms with Crippen molar-refractivity contribution >= 4 is 35.8 Å². The van der Waals surface area contributed by atoms with Gasteiger partial charge in [-0.25, -0.2) is 0 Å². The predicted molar refractivity (Wildman–Crippen MR) is 62.0 cm³/mol. The summed E-state index contributed by atoms with van der Waals surface area (Å²) in [5.74, 6) is -12.0. The van der Waals surface area contributed by atoms with Gasteiger partial charge in [-0.15, -0.1) is 0 Å². The molecule has 0 aliphatic rings. The van der Waals surface area contributed by atoms with Crippen LogP contribution in [-0.2, 0) is 28.8 Å². The van der Waals surface area contributed by atoms with E-state index in [2.05, 4.69) is 0 Å². The fourth-order valence-corrected chi connectivity index (χ4v) is 1.37. The summed E-state index contributed by atoms with van der Waals surface area (Å²) in [5.41, 5.74) is -5.95. The van der Waals surface area contributed by atoms with Crippen molar-refractivity contribution in [1.29, 1.82) is 0 Å². The molecule has 0 bridgehead atoms. The molecule has 156 valence electrons. The quantitative estimate of drug-likeness (QED) is 0.226. The molecule has 0 unspecified atom stereocenters. The molecule has 0 atom stereocenters. The van der Waals surface area contributed by atoms with Crippen LogP contribution in [0.4, 0.5) is 0 Å². The second-order valence-corrected chi connectivity index (χ2v) is 4.83. The van der Waals surface area contributed by atoms with Crippen molar-refractivity contribution in [3.05, 3.63) is 0 Å². The Morgan fingerprint density at radius 1 is 0.485 bits per heavy atom. The molecule has 0 aromatic rings. The smallest absolute Gasteiger partial charge is 0.550 e. The Balaban J connectivity index is -0.0000000411. The topological polar surface area (TPSA) is 313 Å². The number of hydrogen-bond acceptors (Lipinski definition) is 14. The maximum absolute atomic E-state index is 10.1. The fourth-order valence-electron chi connectivity index (χ4n) is 1.37. The Morgan fingerprint density at radius 3 is 0.667 bits per heavy atom. The zero-order chi connectivity index (χ0) is 21.3. The van der Waals surface area contributed by atoms with Gasteiger partial charge >= 0.3 is 243 Å². The average Bonchev–Trinajstić information content (AvgIpc) is 2.34. The summed E-state index contributed by atoms with van der Waals surface area (Å²) >= 11 is 0. The number of aliphatic hydroxyl groups is 2. The third-order valence-corrected chi connectivity index (χ3v) is 2.51. The van der Waals surface area contributed by atoms with Gasteiger partial charge in [-0.1, -0.05) is 0 Å². The summed E-state index contributed by atoms with van der Waals surface area (Å²) in [5, 5.41) is 77.9. The van der Waals surface area contributed by atoms with E-state index in [4.69, 9.17) is 10.2 Å². The van der Waals surface area contributed by atoms with Crippen LogP contribution in [0, 0.1) is 0 Å². The third kappa shape index (κ3) is 32.7. The predicted octanol–water partition coefficient (Wildman–Crippen LogP) is -29.3. The van der Waals surface area contributed by atoms with Crippen LogP contribution in [0.2, 0.25) is 0 Å².